The molecule has 10 nitrogen and oxygen atoms in total. The molecule has 0 amide bonds. The van der Waals surface area contributed by atoms with Gasteiger partial charge in [0.1, 0.15) is 49.0 Å². The van der Waals surface area contributed by atoms with Gasteiger partial charge < -0.3 is 43.8 Å². The molecule has 5 rings (SSSR count). The summed E-state index contributed by atoms with van der Waals surface area (Å²) in [5, 5.41) is 39.1. The van der Waals surface area contributed by atoms with Crippen molar-refractivity contribution in [2.75, 3.05) is 19.8 Å². The summed E-state index contributed by atoms with van der Waals surface area (Å²) in [6, 6.07) is 7.41. The maximum atomic E-state index is 14.0. The Bertz CT molecular complexity index is 1370. The van der Waals surface area contributed by atoms with E-state index < -0.39 is 65.8 Å². The van der Waals surface area contributed by atoms with Crippen LogP contribution in [0.3, 0.4) is 0 Å². The first-order valence-corrected chi connectivity index (χ1v) is 11.1. The highest BCUT2D eigenvalue weighted by Crippen LogP contribution is 2.41. The number of aliphatic hydroxyl groups excluding tert-OH is 4. The van der Waals surface area contributed by atoms with Crippen molar-refractivity contribution in [2.45, 2.75) is 36.9 Å². The van der Waals surface area contributed by atoms with Gasteiger partial charge in [0.15, 0.2) is 11.5 Å². The molecule has 2 aliphatic heterocycles. The van der Waals surface area contributed by atoms with Crippen LogP contribution in [0.25, 0.3) is 22.1 Å². The van der Waals surface area contributed by atoms with Gasteiger partial charge in [-0.2, -0.15) is 13.2 Å². The Hall–Kier alpha value is -3.36. The van der Waals surface area contributed by atoms with Gasteiger partial charge in [0.25, 0.3) is 0 Å². The lowest BCUT2D eigenvalue weighted by atomic mass is 9.99. The van der Waals surface area contributed by atoms with Crippen LogP contribution in [-0.4, -0.2) is 71.0 Å². The molecule has 0 aliphatic carbocycles. The Morgan fingerprint density at radius 1 is 0.946 bits per heavy atom. The summed E-state index contributed by atoms with van der Waals surface area (Å²) in [5.41, 5.74) is -2.20. The molecule has 0 spiro atoms. The molecule has 3 heterocycles. The number of alkyl halides is 3. The van der Waals surface area contributed by atoms with Crippen LogP contribution in [-0.2, 0) is 10.9 Å². The quantitative estimate of drug-likeness (QED) is 0.394. The molecule has 0 radical (unpaired) electrons. The molecule has 1 saturated heterocycles. The molecule has 1 aromatic heterocycles. The molecule has 3 aromatic rings. The topological polar surface area (TPSA) is 148 Å². The summed E-state index contributed by atoms with van der Waals surface area (Å²) in [6.07, 6.45) is -13.0. The van der Waals surface area contributed by atoms with Crippen LogP contribution < -0.4 is 19.6 Å². The van der Waals surface area contributed by atoms with Crippen molar-refractivity contribution < 1.29 is 57.0 Å². The molecule has 2 aromatic carbocycles. The third-order valence-electron chi connectivity index (χ3n) is 6.05. The lowest BCUT2D eigenvalue weighted by molar-refractivity contribution is -0.277. The van der Waals surface area contributed by atoms with Crippen LogP contribution >= 0.6 is 0 Å². The van der Waals surface area contributed by atoms with Crippen molar-refractivity contribution >= 4 is 11.0 Å². The minimum absolute atomic E-state index is 0.0751. The van der Waals surface area contributed by atoms with Gasteiger partial charge in [-0.3, -0.25) is 4.79 Å². The molecule has 1 fully saturated rings. The highest BCUT2D eigenvalue weighted by molar-refractivity contribution is 5.84. The van der Waals surface area contributed by atoms with E-state index in [1.165, 1.54) is 30.3 Å². The zero-order valence-corrected chi connectivity index (χ0v) is 18.8. The Labute approximate surface area is 206 Å². The molecule has 4 N–H and O–H groups in total. The number of aliphatic hydroxyl groups is 4. The number of rotatable bonds is 4. The Morgan fingerprint density at radius 3 is 2.38 bits per heavy atom. The number of hydrogen-bond donors (Lipinski definition) is 4. The molecule has 5 unspecified atom stereocenters. The highest BCUT2D eigenvalue weighted by Gasteiger charge is 2.45. The SMILES string of the molecule is O=c1c(-c2ccc3c(c2)OCCO3)c(C(F)(F)F)oc2cc(OC3OC(CO)C(O)C(O)C3O)ccc12. The van der Waals surface area contributed by atoms with Gasteiger partial charge >= 0.3 is 6.18 Å². The normalized spacial score (nSPS) is 25.8. The second-order valence-electron chi connectivity index (χ2n) is 8.46. The van der Waals surface area contributed by atoms with Crippen molar-refractivity contribution in [3.05, 3.63) is 52.4 Å². The Kier molecular flexibility index (Phi) is 6.50. The molecule has 13 heteroatoms. The van der Waals surface area contributed by atoms with Gasteiger partial charge in [-0.05, 0) is 29.8 Å². The fourth-order valence-electron chi connectivity index (χ4n) is 4.21. The average Bonchev–Trinajstić information content (AvgIpc) is 2.88. The summed E-state index contributed by atoms with van der Waals surface area (Å²) in [7, 11) is 0. The standard InChI is InChI=1S/C24H21F3O10/c25-24(26,27)22-17(10-1-4-13-15(7-10)34-6-5-33-13)18(29)12-3-2-11(8-14(12)36-22)35-23-21(32)20(31)19(30)16(9-28)37-23/h1-4,7-8,16,19-21,23,28,30-32H,5-6,9H2. The largest absolute Gasteiger partial charge is 0.486 e. The molecular weight excluding hydrogens is 505 g/mol. The maximum absolute atomic E-state index is 14.0. The second-order valence-corrected chi connectivity index (χ2v) is 8.46. The number of halogens is 3. The average molecular weight is 526 g/mol. The summed E-state index contributed by atoms with van der Waals surface area (Å²) in [6.45, 7) is -0.215. The fourth-order valence-corrected chi connectivity index (χ4v) is 4.21. The first-order valence-electron chi connectivity index (χ1n) is 11.1. The molecule has 198 valence electrons. The molecule has 37 heavy (non-hydrogen) atoms. The van der Waals surface area contributed by atoms with Gasteiger partial charge in [-0.25, -0.2) is 0 Å². The molecular formula is C24H21F3O10. The minimum Gasteiger partial charge on any atom is -0.486 e. The first kappa shape index (κ1) is 25.3. The molecule has 2 aliphatic rings. The number of ether oxygens (including phenoxy) is 4. The summed E-state index contributed by atoms with van der Waals surface area (Å²) in [5.74, 6) is -1.17. The van der Waals surface area contributed by atoms with Crippen LogP contribution in [0.4, 0.5) is 13.2 Å². The monoisotopic (exact) mass is 526 g/mol. The predicted octanol–water partition coefficient (Wildman–Crippen LogP) is 1.43. The van der Waals surface area contributed by atoms with Gasteiger partial charge in [-0.1, -0.05) is 6.07 Å². The van der Waals surface area contributed by atoms with Gasteiger partial charge in [-0.15, -0.1) is 0 Å². The first-order chi connectivity index (χ1) is 17.6. The number of fused-ring (bicyclic) bond motifs is 2. The van der Waals surface area contributed by atoms with Crippen LogP contribution in [0.2, 0.25) is 0 Å². The van der Waals surface area contributed by atoms with E-state index in [0.29, 0.717) is 5.75 Å². The van der Waals surface area contributed by atoms with E-state index in [1.54, 1.807) is 0 Å². The third-order valence-corrected chi connectivity index (χ3v) is 6.05. The van der Waals surface area contributed by atoms with Crippen LogP contribution in [0.1, 0.15) is 5.76 Å². The van der Waals surface area contributed by atoms with E-state index in [4.69, 9.17) is 23.4 Å². The van der Waals surface area contributed by atoms with E-state index in [-0.39, 0.29) is 35.7 Å². The van der Waals surface area contributed by atoms with Crippen molar-refractivity contribution in [1.82, 2.24) is 0 Å². The van der Waals surface area contributed by atoms with Crippen molar-refractivity contribution in [3.63, 3.8) is 0 Å². The lowest BCUT2D eigenvalue weighted by Crippen LogP contribution is -2.60. The predicted molar refractivity (Wildman–Crippen MR) is 118 cm³/mol. The molecule has 0 saturated carbocycles. The summed E-state index contributed by atoms with van der Waals surface area (Å²) in [4.78, 5) is 13.3. The Morgan fingerprint density at radius 2 is 1.68 bits per heavy atom. The highest BCUT2D eigenvalue weighted by atomic mass is 19.4. The van der Waals surface area contributed by atoms with Crippen LogP contribution in [0.15, 0.2) is 45.6 Å². The lowest BCUT2D eigenvalue weighted by Gasteiger charge is -2.39. The number of hydrogen-bond acceptors (Lipinski definition) is 10. The van der Waals surface area contributed by atoms with Gasteiger partial charge in [0, 0.05) is 6.07 Å². The van der Waals surface area contributed by atoms with Gasteiger partial charge in [0.2, 0.25) is 17.5 Å². The van der Waals surface area contributed by atoms with Gasteiger partial charge in [0.05, 0.1) is 17.6 Å². The van der Waals surface area contributed by atoms with E-state index in [0.717, 1.165) is 6.07 Å². The van der Waals surface area contributed by atoms with E-state index in [1.807, 2.05) is 0 Å². The zero-order valence-electron chi connectivity index (χ0n) is 18.8. The van der Waals surface area contributed by atoms with Crippen LogP contribution in [0, 0.1) is 0 Å². The summed E-state index contributed by atoms with van der Waals surface area (Å²) >= 11 is 0. The minimum atomic E-state index is -5.04. The van der Waals surface area contributed by atoms with E-state index in [2.05, 4.69) is 0 Å². The number of benzene rings is 2. The van der Waals surface area contributed by atoms with Crippen LogP contribution in [0.5, 0.6) is 17.2 Å². The zero-order chi connectivity index (χ0) is 26.5. The third kappa shape index (κ3) is 4.60. The fraction of sp³-hybridized carbons (Fsp3) is 0.375. The second kappa shape index (κ2) is 9.50. The Balaban J connectivity index is 1.56. The molecule has 5 atom stereocenters. The van der Waals surface area contributed by atoms with Crippen molar-refractivity contribution in [2.24, 2.45) is 0 Å². The smallest absolute Gasteiger partial charge is 0.450 e. The van der Waals surface area contributed by atoms with Crippen molar-refractivity contribution in [1.29, 1.82) is 0 Å². The van der Waals surface area contributed by atoms with Crippen molar-refractivity contribution in [3.8, 4) is 28.4 Å². The molecule has 0 bridgehead atoms. The maximum Gasteiger partial charge on any atom is 0.450 e. The van der Waals surface area contributed by atoms with E-state index >= 15 is 0 Å². The summed E-state index contributed by atoms with van der Waals surface area (Å²) < 4.78 is 68.7. The van der Waals surface area contributed by atoms with E-state index in [9.17, 15) is 38.4 Å².